The highest BCUT2D eigenvalue weighted by atomic mass is 32.1. The molecule has 23 heavy (non-hydrogen) atoms. The van der Waals surface area contributed by atoms with E-state index in [-0.39, 0.29) is 5.91 Å². The minimum absolute atomic E-state index is 0.260. The summed E-state index contributed by atoms with van der Waals surface area (Å²) in [4.78, 5) is 27.6. The average molecular weight is 344 g/mol. The molecule has 0 aliphatic carbocycles. The van der Waals surface area contributed by atoms with Crippen molar-refractivity contribution in [1.29, 1.82) is 0 Å². The van der Waals surface area contributed by atoms with Crippen LogP contribution in [-0.2, 0) is 0 Å². The Balaban J connectivity index is 1.88. The number of aromatic nitrogens is 1. The molecular formula is C16H12N2O3S2. The van der Waals surface area contributed by atoms with Gasteiger partial charge in [0, 0.05) is 16.6 Å². The Morgan fingerprint density at radius 1 is 1.26 bits per heavy atom. The number of thiazole rings is 1. The first-order valence-electron chi connectivity index (χ1n) is 6.67. The van der Waals surface area contributed by atoms with Crippen LogP contribution in [0.25, 0.3) is 11.1 Å². The van der Waals surface area contributed by atoms with Crippen molar-refractivity contribution in [2.24, 2.45) is 0 Å². The Morgan fingerprint density at radius 3 is 2.74 bits per heavy atom. The average Bonchev–Trinajstić information content (AvgIpc) is 3.20. The van der Waals surface area contributed by atoms with Crippen LogP contribution >= 0.6 is 22.7 Å². The molecule has 0 atom stereocenters. The molecule has 1 amide bonds. The lowest BCUT2D eigenvalue weighted by molar-refractivity contribution is 0.0702. The van der Waals surface area contributed by atoms with E-state index in [0.717, 1.165) is 11.1 Å². The number of aryl methyl sites for hydroxylation is 1. The van der Waals surface area contributed by atoms with Gasteiger partial charge < -0.3 is 10.4 Å². The molecule has 0 spiro atoms. The van der Waals surface area contributed by atoms with E-state index in [2.05, 4.69) is 10.3 Å². The SMILES string of the molecule is Cc1cc(-c2ccsc2C(=O)O)ccc1NC(=O)c1cscn1. The number of nitrogens with one attached hydrogen (secondary N) is 1. The summed E-state index contributed by atoms with van der Waals surface area (Å²) in [5.74, 6) is -1.20. The summed E-state index contributed by atoms with van der Waals surface area (Å²) in [6, 6.07) is 7.23. The van der Waals surface area contributed by atoms with Crippen molar-refractivity contribution in [3.05, 3.63) is 56.7 Å². The third kappa shape index (κ3) is 3.15. The van der Waals surface area contributed by atoms with Crippen molar-refractivity contribution in [3.63, 3.8) is 0 Å². The summed E-state index contributed by atoms with van der Waals surface area (Å²) >= 11 is 2.56. The van der Waals surface area contributed by atoms with Gasteiger partial charge in [-0.2, -0.15) is 0 Å². The molecule has 7 heteroatoms. The normalized spacial score (nSPS) is 10.5. The topological polar surface area (TPSA) is 79.3 Å². The predicted octanol–water partition coefficient (Wildman–Crippen LogP) is 4.13. The fraction of sp³-hybridized carbons (Fsp3) is 0.0625. The molecule has 0 bridgehead atoms. The van der Waals surface area contributed by atoms with Gasteiger partial charge in [0.2, 0.25) is 0 Å². The van der Waals surface area contributed by atoms with Gasteiger partial charge in [-0.15, -0.1) is 22.7 Å². The summed E-state index contributed by atoms with van der Waals surface area (Å²) in [6.45, 7) is 1.87. The van der Waals surface area contributed by atoms with Crippen molar-refractivity contribution >= 4 is 40.2 Å². The number of carboxylic acids is 1. The van der Waals surface area contributed by atoms with Crippen molar-refractivity contribution in [2.75, 3.05) is 5.32 Å². The lowest BCUT2D eigenvalue weighted by atomic mass is 10.0. The van der Waals surface area contributed by atoms with E-state index < -0.39 is 5.97 Å². The summed E-state index contributed by atoms with van der Waals surface area (Å²) < 4.78 is 0. The van der Waals surface area contributed by atoms with Crippen LogP contribution in [0.15, 0.2) is 40.5 Å². The smallest absolute Gasteiger partial charge is 0.346 e. The molecule has 0 aliphatic rings. The quantitative estimate of drug-likeness (QED) is 0.746. The molecule has 0 saturated heterocycles. The van der Waals surface area contributed by atoms with Gasteiger partial charge in [0.1, 0.15) is 10.6 Å². The highest BCUT2D eigenvalue weighted by Gasteiger charge is 2.15. The lowest BCUT2D eigenvalue weighted by Gasteiger charge is -2.09. The number of nitrogens with zero attached hydrogens (tertiary/aromatic N) is 1. The second kappa shape index (κ2) is 6.31. The number of carbonyl (C=O) groups is 2. The molecular weight excluding hydrogens is 332 g/mol. The van der Waals surface area contributed by atoms with Crippen molar-refractivity contribution in [2.45, 2.75) is 6.92 Å². The Bertz CT molecular complexity index is 869. The number of carboxylic acid groups (broad SMARTS) is 1. The number of thiophene rings is 1. The van der Waals surface area contributed by atoms with Gasteiger partial charge in [-0.3, -0.25) is 4.79 Å². The third-order valence-electron chi connectivity index (χ3n) is 3.31. The van der Waals surface area contributed by atoms with Crippen LogP contribution in [0.5, 0.6) is 0 Å². The number of hydrogen-bond donors (Lipinski definition) is 2. The van der Waals surface area contributed by atoms with Crippen LogP contribution in [-0.4, -0.2) is 22.0 Å². The number of rotatable bonds is 4. The zero-order valence-electron chi connectivity index (χ0n) is 12.1. The minimum atomic E-state index is -0.937. The van der Waals surface area contributed by atoms with Crippen molar-refractivity contribution < 1.29 is 14.7 Å². The molecule has 116 valence electrons. The molecule has 0 aliphatic heterocycles. The first-order valence-corrected chi connectivity index (χ1v) is 8.50. The maximum absolute atomic E-state index is 12.0. The van der Waals surface area contributed by atoms with Crippen LogP contribution in [0, 0.1) is 6.92 Å². The van der Waals surface area contributed by atoms with Crippen LogP contribution in [0.1, 0.15) is 25.7 Å². The number of amides is 1. The van der Waals surface area contributed by atoms with Gasteiger partial charge in [0.05, 0.1) is 5.51 Å². The number of hydrogen-bond acceptors (Lipinski definition) is 5. The van der Waals surface area contributed by atoms with Crippen LogP contribution in [0.4, 0.5) is 5.69 Å². The number of anilines is 1. The van der Waals surface area contributed by atoms with Gasteiger partial charge in [0.25, 0.3) is 5.91 Å². The van der Waals surface area contributed by atoms with E-state index in [4.69, 9.17) is 0 Å². The number of aromatic carboxylic acids is 1. The van der Waals surface area contributed by atoms with E-state index >= 15 is 0 Å². The predicted molar refractivity (Wildman–Crippen MR) is 91.5 cm³/mol. The minimum Gasteiger partial charge on any atom is -0.477 e. The van der Waals surface area contributed by atoms with E-state index in [0.29, 0.717) is 21.8 Å². The van der Waals surface area contributed by atoms with Gasteiger partial charge in [0.15, 0.2) is 0 Å². The van der Waals surface area contributed by atoms with Gasteiger partial charge in [-0.25, -0.2) is 9.78 Å². The van der Waals surface area contributed by atoms with Gasteiger partial charge in [-0.05, 0) is 41.6 Å². The molecule has 3 aromatic rings. The molecule has 3 rings (SSSR count). The van der Waals surface area contributed by atoms with E-state index in [1.165, 1.54) is 22.7 Å². The molecule has 2 heterocycles. The van der Waals surface area contributed by atoms with E-state index in [1.807, 2.05) is 13.0 Å². The Morgan fingerprint density at radius 2 is 2.09 bits per heavy atom. The maximum Gasteiger partial charge on any atom is 0.346 e. The van der Waals surface area contributed by atoms with Crippen LogP contribution in [0.2, 0.25) is 0 Å². The zero-order chi connectivity index (χ0) is 16.4. The first-order chi connectivity index (χ1) is 11.1. The molecule has 0 saturated carbocycles. The molecule has 0 unspecified atom stereocenters. The summed E-state index contributed by atoms with van der Waals surface area (Å²) in [5.41, 5.74) is 5.02. The van der Waals surface area contributed by atoms with Crippen LogP contribution in [0.3, 0.4) is 0 Å². The molecule has 2 N–H and O–H groups in total. The molecule has 0 radical (unpaired) electrons. The van der Waals surface area contributed by atoms with E-state index in [9.17, 15) is 14.7 Å². The Kier molecular flexibility index (Phi) is 4.22. The van der Waals surface area contributed by atoms with Gasteiger partial charge >= 0.3 is 5.97 Å². The lowest BCUT2D eigenvalue weighted by Crippen LogP contribution is -2.13. The second-order valence-electron chi connectivity index (χ2n) is 4.83. The molecule has 2 aromatic heterocycles. The highest BCUT2D eigenvalue weighted by Crippen LogP contribution is 2.31. The van der Waals surface area contributed by atoms with Crippen LogP contribution < -0.4 is 5.32 Å². The monoisotopic (exact) mass is 344 g/mol. The molecule has 0 fully saturated rings. The maximum atomic E-state index is 12.0. The molecule has 1 aromatic carbocycles. The standard InChI is InChI=1S/C16H12N2O3S2/c1-9-6-10(11-4-5-23-14(11)16(20)21)2-3-12(9)18-15(19)13-7-22-8-17-13/h2-8H,1H3,(H,18,19)(H,20,21). The second-order valence-corrected chi connectivity index (χ2v) is 6.46. The van der Waals surface area contributed by atoms with E-state index in [1.54, 1.807) is 34.5 Å². The number of benzene rings is 1. The largest absolute Gasteiger partial charge is 0.477 e. The van der Waals surface area contributed by atoms with Gasteiger partial charge in [-0.1, -0.05) is 6.07 Å². The van der Waals surface area contributed by atoms with Crippen molar-refractivity contribution in [1.82, 2.24) is 4.98 Å². The van der Waals surface area contributed by atoms with Crippen molar-refractivity contribution in [3.8, 4) is 11.1 Å². The number of carbonyl (C=O) groups excluding carboxylic acids is 1. The zero-order valence-corrected chi connectivity index (χ0v) is 13.7. The Hall–Kier alpha value is -2.51. The highest BCUT2D eigenvalue weighted by molar-refractivity contribution is 7.12. The molecule has 5 nitrogen and oxygen atoms in total. The summed E-state index contributed by atoms with van der Waals surface area (Å²) in [5, 5.41) is 15.5. The third-order valence-corrected chi connectivity index (χ3v) is 4.80. The fourth-order valence-electron chi connectivity index (χ4n) is 2.18. The summed E-state index contributed by atoms with van der Waals surface area (Å²) in [6.07, 6.45) is 0. The summed E-state index contributed by atoms with van der Waals surface area (Å²) in [7, 11) is 0. The first kappa shape index (κ1) is 15.4. The Labute approximate surface area is 140 Å². The fourth-order valence-corrected chi connectivity index (χ4v) is 3.47.